The second-order valence-electron chi connectivity index (χ2n) is 5.60. The molecule has 2 fully saturated rings. The molecule has 1 aliphatic carbocycles. The molecule has 1 N–H and O–H groups in total. The summed E-state index contributed by atoms with van der Waals surface area (Å²) in [5.41, 5.74) is 0. The van der Waals surface area contributed by atoms with E-state index in [1.807, 2.05) is 7.05 Å². The van der Waals surface area contributed by atoms with Gasteiger partial charge in [0.1, 0.15) is 0 Å². The lowest BCUT2D eigenvalue weighted by Crippen LogP contribution is -2.35. The minimum Gasteiger partial charge on any atom is -0.320 e. The average molecular weight is 224 g/mol. The van der Waals surface area contributed by atoms with Crippen LogP contribution in [0.25, 0.3) is 0 Å². The third kappa shape index (κ3) is 3.21. The van der Waals surface area contributed by atoms with Gasteiger partial charge in [-0.3, -0.25) is 0 Å². The summed E-state index contributed by atoms with van der Waals surface area (Å²) in [6.07, 6.45) is 11.6. The van der Waals surface area contributed by atoms with Crippen molar-refractivity contribution in [2.24, 2.45) is 5.92 Å². The molecule has 1 heterocycles. The summed E-state index contributed by atoms with van der Waals surface area (Å²) in [7, 11) is 2.05. The lowest BCUT2D eigenvalue weighted by atomic mass is 9.85. The highest BCUT2D eigenvalue weighted by atomic mass is 15.2. The van der Waals surface area contributed by atoms with Crippen LogP contribution in [0, 0.1) is 5.92 Å². The summed E-state index contributed by atoms with van der Waals surface area (Å²) < 4.78 is 0. The van der Waals surface area contributed by atoms with Crippen molar-refractivity contribution in [1.29, 1.82) is 0 Å². The molecular weight excluding hydrogens is 196 g/mol. The number of rotatable bonds is 6. The fourth-order valence-corrected chi connectivity index (χ4v) is 3.57. The standard InChI is InChI=1S/C14H28N2/c1-15-10-5-2-6-11-16-12-9-13-7-3-4-8-14(13)16/h13-15H,2-12H2,1H3. The van der Waals surface area contributed by atoms with Gasteiger partial charge in [0, 0.05) is 6.04 Å². The monoisotopic (exact) mass is 224 g/mol. The van der Waals surface area contributed by atoms with Gasteiger partial charge >= 0.3 is 0 Å². The maximum Gasteiger partial charge on any atom is 0.0124 e. The van der Waals surface area contributed by atoms with E-state index in [2.05, 4.69) is 10.2 Å². The molecule has 0 spiro atoms. The third-order valence-corrected chi connectivity index (χ3v) is 4.50. The van der Waals surface area contributed by atoms with Crippen LogP contribution in [0.3, 0.4) is 0 Å². The molecule has 0 aromatic rings. The SMILES string of the molecule is CNCCCCCN1CCC2CCCCC21. The first-order valence-corrected chi connectivity index (χ1v) is 7.30. The molecule has 2 unspecified atom stereocenters. The predicted octanol–water partition coefficient (Wildman–Crippen LogP) is 2.64. The van der Waals surface area contributed by atoms with Gasteiger partial charge in [-0.2, -0.15) is 0 Å². The van der Waals surface area contributed by atoms with Crippen LogP contribution in [0.4, 0.5) is 0 Å². The van der Waals surface area contributed by atoms with Crippen LogP contribution in [0.1, 0.15) is 51.4 Å². The molecule has 2 heteroatoms. The Bertz CT molecular complexity index is 193. The van der Waals surface area contributed by atoms with E-state index < -0.39 is 0 Å². The number of fused-ring (bicyclic) bond motifs is 1. The lowest BCUT2D eigenvalue weighted by Gasteiger charge is -2.31. The van der Waals surface area contributed by atoms with Crippen molar-refractivity contribution in [3.05, 3.63) is 0 Å². The van der Waals surface area contributed by atoms with Gasteiger partial charge in [-0.15, -0.1) is 0 Å². The maximum atomic E-state index is 3.23. The minimum absolute atomic E-state index is 0.970. The van der Waals surface area contributed by atoms with Crippen LogP contribution < -0.4 is 5.32 Å². The number of unbranched alkanes of at least 4 members (excludes halogenated alkanes) is 2. The van der Waals surface area contributed by atoms with Crippen molar-refractivity contribution < 1.29 is 0 Å². The predicted molar refractivity (Wildman–Crippen MR) is 69.7 cm³/mol. The molecule has 0 aromatic carbocycles. The second kappa shape index (κ2) is 6.61. The topological polar surface area (TPSA) is 15.3 Å². The van der Waals surface area contributed by atoms with Crippen molar-refractivity contribution in [2.75, 3.05) is 26.7 Å². The second-order valence-corrected chi connectivity index (χ2v) is 5.60. The zero-order valence-corrected chi connectivity index (χ0v) is 10.9. The molecule has 2 aliphatic rings. The van der Waals surface area contributed by atoms with Gasteiger partial charge in [-0.05, 0) is 64.7 Å². The summed E-state index contributed by atoms with van der Waals surface area (Å²) in [5, 5.41) is 3.23. The quantitative estimate of drug-likeness (QED) is 0.698. The number of hydrogen-bond donors (Lipinski definition) is 1. The van der Waals surface area contributed by atoms with Crippen LogP contribution in [0.15, 0.2) is 0 Å². The highest BCUT2D eigenvalue weighted by Gasteiger charge is 2.34. The number of nitrogens with zero attached hydrogens (tertiary/aromatic N) is 1. The number of hydrogen-bond acceptors (Lipinski definition) is 2. The number of likely N-dealkylation sites (tertiary alicyclic amines) is 1. The Hall–Kier alpha value is -0.0800. The van der Waals surface area contributed by atoms with E-state index >= 15 is 0 Å². The van der Waals surface area contributed by atoms with Crippen LogP contribution in [0.2, 0.25) is 0 Å². The van der Waals surface area contributed by atoms with Gasteiger partial charge in [-0.25, -0.2) is 0 Å². The Labute approximate surface area is 101 Å². The van der Waals surface area contributed by atoms with Crippen molar-refractivity contribution >= 4 is 0 Å². The maximum absolute atomic E-state index is 3.23. The largest absolute Gasteiger partial charge is 0.320 e. The Morgan fingerprint density at radius 3 is 2.81 bits per heavy atom. The fourth-order valence-electron chi connectivity index (χ4n) is 3.57. The molecule has 0 radical (unpaired) electrons. The first kappa shape index (κ1) is 12.4. The van der Waals surface area contributed by atoms with Gasteiger partial charge in [0.15, 0.2) is 0 Å². The summed E-state index contributed by atoms with van der Waals surface area (Å²) in [6, 6.07) is 0.970. The molecule has 16 heavy (non-hydrogen) atoms. The molecule has 0 bridgehead atoms. The molecule has 1 saturated carbocycles. The molecular formula is C14H28N2. The highest BCUT2D eigenvalue weighted by Crippen LogP contribution is 2.36. The Morgan fingerprint density at radius 2 is 1.94 bits per heavy atom. The Balaban J connectivity index is 1.62. The van der Waals surface area contributed by atoms with Crippen molar-refractivity contribution in [1.82, 2.24) is 10.2 Å². The molecule has 2 atom stereocenters. The van der Waals surface area contributed by atoms with Gasteiger partial charge in [0.2, 0.25) is 0 Å². The Kier molecular flexibility index (Phi) is 5.11. The van der Waals surface area contributed by atoms with Gasteiger partial charge in [-0.1, -0.05) is 19.3 Å². The first-order valence-electron chi connectivity index (χ1n) is 7.30. The van der Waals surface area contributed by atoms with Crippen molar-refractivity contribution in [3.8, 4) is 0 Å². The molecule has 1 saturated heterocycles. The van der Waals surface area contributed by atoms with Crippen molar-refractivity contribution in [2.45, 2.75) is 57.4 Å². The fraction of sp³-hybridized carbons (Fsp3) is 1.00. The van der Waals surface area contributed by atoms with Gasteiger partial charge in [0.05, 0.1) is 0 Å². The van der Waals surface area contributed by atoms with E-state index in [1.54, 1.807) is 0 Å². The Morgan fingerprint density at radius 1 is 1.06 bits per heavy atom. The molecule has 2 nitrogen and oxygen atoms in total. The van der Waals surface area contributed by atoms with E-state index in [4.69, 9.17) is 0 Å². The lowest BCUT2D eigenvalue weighted by molar-refractivity contribution is 0.180. The average Bonchev–Trinajstić information content (AvgIpc) is 2.73. The molecule has 1 aliphatic heterocycles. The molecule has 94 valence electrons. The number of nitrogens with one attached hydrogen (secondary N) is 1. The zero-order chi connectivity index (χ0) is 11.2. The van der Waals surface area contributed by atoms with Crippen LogP contribution in [0.5, 0.6) is 0 Å². The van der Waals surface area contributed by atoms with E-state index in [0.717, 1.165) is 12.0 Å². The summed E-state index contributed by atoms with van der Waals surface area (Å²) in [4.78, 5) is 2.79. The zero-order valence-electron chi connectivity index (χ0n) is 10.9. The summed E-state index contributed by atoms with van der Waals surface area (Å²) in [5.74, 6) is 1.06. The normalized spacial score (nSPS) is 30.6. The smallest absolute Gasteiger partial charge is 0.0124 e. The van der Waals surface area contributed by atoms with Gasteiger partial charge in [0.25, 0.3) is 0 Å². The van der Waals surface area contributed by atoms with Gasteiger partial charge < -0.3 is 10.2 Å². The third-order valence-electron chi connectivity index (χ3n) is 4.50. The molecule has 0 amide bonds. The summed E-state index contributed by atoms with van der Waals surface area (Å²) >= 11 is 0. The first-order chi connectivity index (χ1) is 7.92. The van der Waals surface area contributed by atoms with Crippen molar-refractivity contribution in [3.63, 3.8) is 0 Å². The van der Waals surface area contributed by atoms with Crippen LogP contribution in [-0.4, -0.2) is 37.6 Å². The molecule has 2 rings (SSSR count). The van der Waals surface area contributed by atoms with E-state index in [1.165, 1.54) is 71.0 Å². The summed E-state index contributed by atoms with van der Waals surface area (Å²) in [6.45, 7) is 3.94. The highest BCUT2D eigenvalue weighted by molar-refractivity contribution is 4.89. The van der Waals surface area contributed by atoms with E-state index in [9.17, 15) is 0 Å². The van der Waals surface area contributed by atoms with E-state index in [0.29, 0.717) is 0 Å². The van der Waals surface area contributed by atoms with E-state index in [-0.39, 0.29) is 0 Å². The van der Waals surface area contributed by atoms with Crippen LogP contribution in [-0.2, 0) is 0 Å². The minimum atomic E-state index is 0.970. The van der Waals surface area contributed by atoms with Crippen LogP contribution >= 0.6 is 0 Å². The molecule has 0 aromatic heterocycles.